The summed E-state index contributed by atoms with van der Waals surface area (Å²) in [6.07, 6.45) is 3.74. The lowest BCUT2D eigenvalue weighted by atomic mass is 10.2. The SMILES string of the molecule is O=C(c1ccc(S(=O)(=O)N2CCCC2)cc1)N1CCN(Cc2cc3ccccn3n2)CC1. The number of rotatable bonds is 5. The fraction of sp³-hybridized carbons (Fsp3) is 0.391. The van der Waals surface area contributed by atoms with Gasteiger partial charge < -0.3 is 4.90 Å². The topological polar surface area (TPSA) is 78.2 Å². The quantitative estimate of drug-likeness (QED) is 0.591. The van der Waals surface area contributed by atoms with Gasteiger partial charge in [0.15, 0.2) is 0 Å². The van der Waals surface area contributed by atoms with Crippen LogP contribution in [0.2, 0.25) is 0 Å². The molecular weight excluding hydrogens is 426 g/mol. The molecule has 2 aliphatic heterocycles. The molecule has 9 heteroatoms. The molecule has 2 fully saturated rings. The lowest BCUT2D eigenvalue weighted by molar-refractivity contribution is 0.0627. The molecule has 5 rings (SSSR count). The van der Waals surface area contributed by atoms with E-state index >= 15 is 0 Å². The smallest absolute Gasteiger partial charge is 0.253 e. The van der Waals surface area contributed by atoms with Crippen LogP contribution < -0.4 is 0 Å². The molecule has 2 aliphatic rings. The number of hydrogen-bond donors (Lipinski definition) is 0. The first-order valence-corrected chi connectivity index (χ1v) is 12.5. The second-order valence-electron chi connectivity index (χ2n) is 8.41. The molecule has 0 aliphatic carbocycles. The van der Waals surface area contributed by atoms with Gasteiger partial charge in [-0.05, 0) is 55.3 Å². The molecule has 2 saturated heterocycles. The van der Waals surface area contributed by atoms with Crippen molar-refractivity contribution in [3.63, 3.8) is 0 Å². The highest BCUT2D eigenvalue weighted by molar-refractivity contribution is 7.89. The molecule has 0 saturated carbocycles. The zero-order valence-corrected chi connectivity index (χ0v) is 18.7. The van der Waals surface area contributed by atoms with Crippen LogP contribution in [0.5, 0.6) is 0 Å². The average Bonchev–Trinajstić information content (AvgIpc) is 3.49. The van der Waals surface area contributed by atoms with Gasteiger partial charge >= 0.3 is 0 Å². The van der Waals surface area contributed by atoms with E-state index < -0.39 is 10.0 Å². The molecule has 0 spiro atoms. The van der Waals surface area contributed by atoms with Crippen molar-refractivity contribution in [1.82, 2.24) is 23.7 Å². The number of pyridine rings is 1. The van der Waals surface area contributed by atoms with Crippen molar-refractivity contribution in [3.8, 4) is 0 Å². The monoisotopic (exact) mass is 453 g/mol. The summed E-state index contributed by atoms with van der Waals surface area (Å²) < 4.78 is 28.8. The lowest BCUT2D eigenvalue weighted by Crippen LogP contribution is -2.48. The highest BCUT2D eigenvalue weighted by atomic mass is 32.2. The minimum atomic E-state index is -3.46. The number of nitrogens with zero attached hydrogens (tertiary/aromatic N) is 5. The summed E-state index contributed by atoms with van der Waals surface area (Å²) in [6, 6.07) is 14.5. The number of aromatic nitrogens is 2. The number of benzene rings is 1. The summed E-state index contributed by atoms with van der Waals surface area (Å²) in [5.41, 5.74) is 2.62. The van der Waals surface area contributed by atoms with Crippen molar-refractivity contribution >= 4 is 21.4 Å². The third-order valence-electron chi connectivity index (χ3n) is 6.27. The Balaban J connectivity index is 1.19. The Labute approximate surface area is 188 Å². The van der Waals surface area contributed by atoms with Gasteiger partial charge in [0, 0.05) is 57.6 Å². The average molecular weight is 454 g/mol. The van der Waals surface area contributed by atoms with Gasteiger partial charge in [-0.1, -0.05) is 6.07 Å². The maximum Gasteiger partial charge on any atom is 0.253 e. The van der Waals surface area contributed by atoms with Gasteiger partial charge in [0.2, 0.25) is 10.0 Å². The molecule has 32 heavy (non-hydrogen) atoms. The van der Waals surface area contributed by atoms with Crippen molar-refractivity contribution in [2.75, 3.05) is 39.3 Å². The second-order valence-corrected chi connectivity index (χ2v) is 10.3. The van der Waals surface area contributed by atoms with E-state index in [1.807, 2.05) is 33.8 Å². The van der Waals surface area contributed by atoms with Crippen LogP contribution >= 0.6 is 0 Å². The fourth-order valence-corrected chi connectivity index (χ4v) is 5.95. The van der Waals surface area contributed by atoms with E-state index in [1.54, 1.807) is 24.3 Å². The van der Waals surface area contributed by atoms with Gasteiger partial charge in [-0.15, -0.1) is 0 Å². The summed E-state index contributed by atoms with van der Waals surface area (Å²) in [4.78, 5) is 17.3. The molecule has 168 valence electrons. The zero-order chi connectivity index (χ0) is 22.1. The number of fused-ring (bicyclic) bond motifs is 1. The van der Waals surface area contributed by atoms with Crippen molar-refractivity contribution in [2.45, 2.75) is 24.3 Å². The Kier molecular flexibility index (Phi) is 5.71. The Hall–Kier alpha value is -2.75. The van der Waals surface area contributed by atoms with Gasteiger partial charge in [0.05, 0.1) is 16.1 Å². The molecule has 2 aromatic heterocycles. The molecule has 1 amide bonds. The summed E-state index contributed by atoms with van der Waals surface area (Å²) in [7, 11) is -3.46. The van der Waals surface area contributed by atoms with E-state index in [1.165, 1.54) is 4.31 Å². The highest BCUT2D eigenvalue weighted by Gasteiger charge is 2.28. The highest BCUT2D eigenvalue weighted by Crippen LogP contribution is 2.22. The zero-order valence-electron chi connectivity index (χ0n) is 17.9. The first-order valence-electron chi connectivity index (χ1n) is 11.1. The minimum Gasteiger partial charge on any atom is -0.336 e. The van der Waals surface area contributed by atoms with Gasteiger partial charge in [-0.2, -0.15) is 9.40 Å². The number of piperazine rings is 1. The molecule has 0 unspecified atom stereocenters. The van der Waals surface area contributed by atoms with Gasteiger partial charge in [-0.25, -0.2) is 12.9 Å². The number of sulfonamides is 1. The summed E-state index contributed by atoms with van der Waals surface area (Å²) in [5, 5.41) is 4.61. The van der Waals surface area contributed by atoms with Crippen LogP contribution in [0, 0.1) is 0 Å². The summed E-state index contributed by atoms with van der Waals surface area (Å²) in [5.74, 6) is -0.0532. The number of carbonyl (C=O) groups is 1. The van der Waals surface area contributed by atoms with Crippen LogP contribution in [-0.2, 0) is 16.6 Å². The van der Waals surface area contributed by atoms with E-state index in [2.05, 4.69) is 16.1 Å². The maximum absolute atomic E-state index is 12.9. The van der Waals surface area contributed by atoms with Crippen LogP contribution in [-0.4, -0.2) is 77.3 Å². The van der Waals surface area contributed by atoms with Crippen molar-refractivity contribution in [3.05, 3.63) is 66.0 Å². The first kappa shape index (κ1) is 21.1. The predicted molar refractivity (Wildman–Crippen MR) is 121 cm³/mol. The van der Waals surface area contributed by atoms with E-state index in [4.69, 9.17) is 0 Å². The van der Waals surface area contributed by atoms with E-state index in [9.17, 15) is 13.2 Å². The van der Waals surface area contributed by atoms with E-state index in [0.717, 1.165) is 43.7 Å². The second kappa shape index (κ2) is 8.65. The molecule has 0 radical (unpaired) electrons. The minimum absolute atomic E-state index is 0.0532. The molecule has 8 nitrogen and oxygen atoms in total. The largest absolute Gasteiger partial charge is 0.336 e. The molecule has 4 heterocycles. The van der Waals surface area contributed by atoms with Gasteiger partial charge in [-0.3, -0.25) is 9.69 Å². The maximum atomic E-state index is 12.9. The normalized spacial score (nSPS) is 18.4. The Morgan fingerprint density at radius 1 is 0.906 bits per heavy atom. The molecule has 0 atom stereocenters. The molecule has 1 aromatic carbocycles. The van der Waals surface area contributed by atoms with Crippen LogP contribution in [0.15, 0.2) is 59.6 Å². The fourth-order valence-electron chi connectivity index (χ4n) is 4.44. The Bertz CT molecular complexity index is 1170. The molecule has 3 aromatic rings. The predicted octanol–water partition coefficient (Wildman–Crippen LogP) is 2.08. The van der Waals surface area contributed by atoms with Crippen LogP contribution in [0.3, 0.4) is 0 Å². The lowest BCUT2D eigenvalue weighted by Gasteiger charge is -2.34. The van der Waals surface area contributed by atoms with Gasteiger partial charge in [0.1, 0.15) is 0 Å². The van der Waals surface area contributed by atoms with Crippen molar-refractivity contribution in [2.24, 2.45) is 0 Å². The van der Waals surface area contributed by atoms with Crippen LogP contribution in [0.4, 0.5) is 0 Å². The summed E-state index contributed by atoms with van der Waals surface area (Å²) in [6.45, 7) is 4.74. The molecule has 0 N–H and O–H groups in total. The third-order valence-corrected chi connectivity index (χ3v) is 8.18. The van der Waals surface area contributed by atoms with Crippen LogP contribution in [0.1, 0.15) is 28.9 Å². The number of hydrogen-bond acceptors (Lipinski definition) is 5. The molecule has 0 bridgehead atoms. The summed E-state index contributed by atoms with van der Waals surface area (Å²) >= 11 is 0. The van der Waals surface area contributed by atoms with Crippen molar-refractivity contribution in [1.29, 1.82) is 0 Å². The Morgan fingerprint density at radius 3 is 2.31 bits per heavy atom. The standard InChI is InChI=1S/C23H27N5O3S/c29-23(19-6-8-22(9-7-19)32(30,31)27-10-3-4-11-27)26-15-13-25(14-16-26)18-20-17-21-5-1-2-12-28(21)24-20/h1-2,5-9,12,17H,3-4,10-11,13-16,18H2. The van der Waals surface area contributed by atoms with E-state index in [-0.39, 0.29) is 10.8 Å². The number of amides is 1. The van der Waals surface area contributed by atoms with Gasteiger partial charge in [0.25, 0.3) is 5.91 Å². The Morgan fingerprint density at radius 2 is 1.62 bits per heavy atom. The molecular formula is C23H27N5O3S. The van der Waals surface area contributed by atoms with Crippen LogP contribution in [0.25, 0.3) is 5.52 Å². The van der Waals surface area contributed by atoms with Crippen molar-refractivity contribution < 1.29 is 13.2 Å². The third kappa shape index (κ3) is 4.15. The van der Waals surface area contributed by atoms with E-state index in [0.29, 0.717) is 31.7 Å². The first-order chi connectivity index (χ1) is 15.5. The number of carbonyl (C=O) groups excluding carboxylic acids is 1.